The van der Waals surface area contributed by atoms with E-state index >= 15 is 0 Å². The lowest BCUT2D eigenvalue weighted by Crippen LogP contribution is -2.50. The van der Waals surface area contributed by atoms with Gasteiger partial charge in [0.25, 0.3) is 0 Å². The smallest absolute Gasteiger partial charge is 0.234 e. The van der Waals surface area contributed by atoms with Crippen LogP contribution in [0.15, 0.2) is 0 Å². The van der Waals surface area contributed by atoms with E-state index in [1.807, 2.05) is 20.8 Å². The van der Waals surface area contributed by atoms with Crippen LogP contribution in [-0.4, -0.2) is 36.5 Å². The molecule has 1 unspecified atom stereocenters. The SMILES string of the molecule is CC(C)(C)NC(=O)CNC1CCC(=O)NC1. The van der Waals surface area contributed by atoms with Crippen LogP contribution in [0, 0.1) is 0 Å². The first-order chi connectivity index (χ1) is 7.37. The van der Waals surface area contributed by atoms with Gasteiger partial charge in [0, 0.05) is 24.5 Å². The fourth-order valence-corrected chi connectivity index (χ4v) is 1.61. The summed E-state index contributed by atoms with van der Waals surface area (Å²) in [5.74, 6) is 0.0848. The predicted octanol–water partition coefficient (Wildman–Crippen LogP) is -0.231. The summed E-state index contributed by atoms with van der Waals surface area (Å²) in [6, 6.07) is 0.211. The van der Waals surface area contributed by atoms with E-state index in [0.717, 1.165) is 6.42 Å². The Morgan fingerprint density at radius 3 is 2.69 bits per heavy atom. The molecule has 1 atom stereocenters. The van der Waals surface area contributed by atoms with Gasteiger partial charge in [-0.15, -0.1) is 0 Å². The van der Waals surface area contributed by atoms with Crippen LogP contribution < -0.4 is 16.0 Å². The van der Waals surface area contributed by atoms with Gasteiger partial charge in [-0.05, 0) is 27.2 Å². The number of amides is 2. The molecule has 1 fully saturated rings. The monoisotopic (exact) mass is 227 g/mol. The van der Waals surface area contributed by atoms with Crippen molar-refractivity contribution in [2.75, 3.05) is 13.1 Å². The molecule has 16 heavy (non-hydrogen) atoms. The standard InChI is InChI=1S/C11H21N3O2/c1-11(2,3)14-10(16)7-12-8-4-5-9(15)13-6-8/h8,12H,4-7H2,1-3H3,(H,13,15)(H,14,16). The van der Waals surface area contributed by atoms with Crippen molar-refractivity contribution in [3.63, 3.8) is 0 Å². The summed E-state index contributed by atoms with van der Waals surface area (Å²) in [6.45, 7) is 6.77. The number of carbonyl (C=O) groups excluding carboxylic acids is 2. The molecule has 1 aliphatic rings. The highest BCUT2D eigenvalue weighted by Crippen LogP contribution is 2.02. The molecule has 1 aliphatic heterocycles. The lowest BCUT2D eigenvalue weighted by atomic mass is 10.1. The van der Waals surface area contributed by atoms with Gasteiger partial charge in [-0.1, -0.05) is 0 Å². The highest BCUT2D eigenvalue weighted by atomic mass is 16.2. The average Bonchev–Trinajstić information content (AvgIpc) is 2.14. The fourth-order valence-electron chi connectivity index (χ4n) is 1.61. The molecule has 0 radical (unpaired) electrons. The minimum atomic E-state index is -0.195. The maximum atomic E-state index is 11.5. The number of carbonyl (C=O) groups is 2. The second-order valence-electron chi connectivity index (χ2n) is 5.22. The van der Waals surface area contributed by atoms with Gasteiger partial charge >= 0.3 is 0 Å². The van der Waals surface area contributed by atoms with E-state index in [0.29, 0.717) is 19.5 Å². The summed E-state index contributed by atoms with van der Waals surface area (Å²) < 4.78 is 0. The third-order valence-electron chi connectivity index (χ3n) is 2.33. The third kappa shape index (κ3) is 5.11. The van der Waals surface area contributed by atoms with Crippen molar-refractivity contribution in [2.24, 2.45) is 0 Å². The van der Waals surface area contributed by atoms with Gasteiger partial charge in [-0.2, -0.15) is 0 Å². The van der Waals surface area contributed by atoms with E-state index < -0.39 is 0 Å². The van der Waals surface area contributed by atoms with E-state index in [4.69, 9.17) is 0 Å². The zero-order chi connectivity index (χ0) is 12.2. The Labute approximate surface area is 96.4 Å². The van der Waals surface area contributed by atoms with Crippen molar-refractivity contribution in [1.29, 1.82) is 0 Å². The summed E-state index contributed by atoms with van der Waals surface area (Å²) >= 11 is 0. The van der Waals surface area contributed by atoms with E-state index in [1.54, 1.807) is 0 Å². The molecule has 2 amide bonds. The fraction of sp³-hybridized carbons (Fsp3) is 0.818. The molecule has 3 N–H and O–H groups in total. The number of rotatable bonds is 3. The van der Waals surface area contributed by atoms with Crippen molar-refractivity contribution in [3.8, 4) is 0 Å². The van der Waals surface area contributed by atoms with Crippen LogP contribution in [0.1, 0.15) is 33.6 Å². The molecule has 1 rings (SSSR count). The molecule has 1 saturated heterocycles. The van der Waals surface area contributed by atoms with Gasteiger partial charge in [-0.3, -0.25) is 9.59 Å². The Morgan fingerprint density at radius 1 is 1.50 bits per heavy atom. The van der Waals surface area contributed by atoms with Gasteiger partial charge < -0.3 is 16.0 Å². The van der Waals surface area contributed by atoms with E-state index in [2.05, 4.69) is 16.0 Å². The lowest BCUT2D eigenvalue weighted by Gasteiger charge is -2.25. The molecular weight excluding hydrogens is 206 g/mol. The average molecular weight is 227 g/mol. The molecular formula is C11H21N3O2. The summed E-state index contributed by atoms with van der Waals surface area (Å²) in [4.78, 5) is 22.4. The van der Waals surface area contributed by atoms with Crippen LogP contribution in [-0.2, 0) is 9.59 Å². The van der Waals surface area contributed by atoms with Crippen molar-refractivity contribution in [1.82, 2.24) is 16.0 Å². The summed E-state index contributed by atoms with van der Waals surface area (Å²) in [6.07, 6.45) is 1.34. The Bertz CT molecular complexity index is 261. The molecule has 1 heterocycles. The Kier molecular flexibility index (Phi) is 4.29. The lowest BCUT2D eigenvalue weighted by molar-refractivity contribution is -0.122. The molecule has 0 aromatic heterocycles. The summed E-state index contributed by atoms with van der Waals surface area (Å²) in [7, 11) is 0. The van der Waals surface area contributed by atoms with Crippen molar-refractivity contribution in [3.05, 3.63) is 0 Å². The van der Waals surface area contributed by atoms with Crippen molar-refractivity contribution >= 4 is 11.8 Å². The summed E-state index contributed by atoms with van der Waals surface area (Å²) in [5.41, 5.74) is -0.195. The van der Waals surface area contributed by atoms with Crippen LogP contribution in [0.2, 0.25) is 0 Å². The van der Waals surface area contributed by atoms with Crippen LogP contribution in [0.4, 0.5) is 0 Å². The van der Waals surface area contributed by atoms with Crippen molar-refractivity contribution in [2.45, 2.75) is 45.2 Å². The van der Waals surface area contributed by atoms with Crippen molar-refractivity contribution < 1.29 is 9.59 Å². The van der Waals surface area contributed by atoms with Crippen LogP contribution >= 0.6 is 0 Å². The molecule has 92 valence electrons. The first kappa shape index (κ1) is 13.0. The zero-order valence-corrected chi connectivity index (χ0v) is 10.2. The molecule has 5 nitrogen and oxygen atoms in total. The second-order valence-corrected chi connectivity index (χ2v) is 5.22. The minimum Gasteiger partial charge on any atom is -0.355 e. The Hall–Kier alpha value is -1.10. The van der Waals surface area contributed by atoms with E-state index in [9.17, 15) is 9.59 Å². The number of piperidine rings is 1. The molecule has 0 aromatic carbocycles. The van der Waals surface area contributed by atoms with Gasteiger partial charge in [0.2, 0.25) is 11.8 Å². The maximum Gasteiger partial charge on any atom is 0.234 e. The number of nitrogens with one attached hydrogen (secondary N) is 3. The minimum absolute atomic E-state index is 0.00981. The van der Waals surface area contributed by atoms with E-state index in [-0.39, 0.29) is 23.4 Å². The van der Waals surface area contributed by atoms with Gasteiger partial charge in [0.15, 0.2) is 0 Å². The predicted molar refractivity (Wildman–Crippen MR) is 61.9 cm³/mol. The molecule has 0 aromatic rings. The number of hydrogen-bond donors (Lipinski definition) is 3. The van der Waals surface area contributed by atoms with Gasteiger partial charge in [0.05, 0.1) is 6.54 Å². The Balaban J connectivity index is 2.19. The zero-order valence-electron chi connectivity index (χ0n) is 10.2. The Morgan fingerprint density at radius 2 is 2.19 bits per heavy atom. The largest absolute Gasteiger partial charge is 0.355 e. The first-order valence-electron chi connectivity index (χ1n) is 5.68. The highest BCUT2D eigenvalue weighted by molar-refractivity contribution is 5.79. The highest BCUT2D eigenvalue weighted by Gasteiger charge is 2.19. The van der Waals surface area contributed by atoms with Gasteiger partial charge in [0.1, 0.15) is 0 Å². The molecule has 0 saturated carbocycles. The number of hydrogen-bond acceptors (Lipinski definition) is 3. The normalized spacial score (nSPS) is 21.4. The molecule has 0 bridgehead atoms. The third-order valence-corrected chi connectivity index (χ3v) is 2.33. The van der Waals surface area contributed by atoms with E-state index in [1.165, 1.54) is 0 Å². The van der Waals surface area contributed by atoms with Crippen LogP contribution in [0.5, 0.6) is 0 Å². The topological polar surface area (TPSA) is 70.2 Å². The molecule has 0 spiro atoms. The van der Waals surface area contributed by atoms with Crippen LogP contribution in [0.3, 0.4) is 0 Å². The van der Waals surface area contributed by atoms with Gasteiger partial charge in [-0.25, -0.2) is 0 Å². The second kappa shape index (κ2) is 5.30. The summed E-state index contributed by atoms with van der Waals surface area (Å²) in [5, 5.41) is 8.79. The first-order valence-corrected chi connectivity index (χ1v) is 5.68. The molecule has 0 aliphatic carbocycles. The molecule has 5 heteroatoms. The van der Waals surface area contributed by atoms with Crippen LogP contribution in [0.25, 0.3) is 0 Å². The maximum absolute atomic E-state index is 11.5. The quantitative estimate of drug-likeness (QED) is 0.624.